The van der Waals surface area contributed by atoms with Crippen molar-refractivity contribution < 1.29 is 107 Å². The molecule has 0 aliphatic rings. The van der Waals surface area contributed by atoms with Crippen LogP contribution in [-0.2, 0) is 52.5 Å². The van der Waals surface area contributed by atoms with Crippen LogP contribution in [0.15, 0.2) is 120 Å². The summed E-state index contributed by atoms with van der Waals surface area (Å²) in [5.41, 5.74) is 28.3. The number of methoxy groups -OCH3 is 9. The number of rotatable bonds is 15. The van der Waals surface area contributed by atoms with Crippen molar-refractivity contribution in [3.63, 3.8) is 0 Å². The van der Waals surface area contributed by atoms with E-state index in [4.69, 9.17) is 30.4 Å². The molecule has 779 valence electrons. The lowest BCUT2D eigenvalue weighted by molar-refractivity contribution is -0.385. The largest absolute Gasteiger partial charge is 0.507 e. The van der Waals surface area contributed by atoms with E-state index in [9.17, 15) is 83.9 Å². The Morgan fingerprint density at radius 2 is 0.755 bits per heavy atom. The Bertz CT molecular complexity index is 5550. The van der Waals surface area contributed by atoms with Crippen LogP contribution in [0.3, 0.4) is 0 Å². The van der Waals surface area contributed by atoms with E-state index in [-0.39, 0.29) is 161 Å². The van der Waals surface area contributed by atoms with Gasteiger partial charge in [0.25, 0.3) is 22.7 Å². The molecular formula is C101H159BFN10O26. The zero-order chi connectivity index (χ0) is 95.9. The molecule has 0 saturated heterocycles. The number of amides is 2. The normalized spacial score (nSPS) is 8.84. The number of nitrogens with one attached hydrogen (secondary N) is 4. The van der Waals surface area contributed by atoms with Gasteiger partial charge >= 0.3 is 29.8 Å². The van der Waals surface area contributed by atoms with Gasteiger partial charge in [0.05, 0.1) is 118 Å². The molecule has 0 aliphatic carbocycles. The number of hydrogen-bond donors (Lipinski definition) is 7. The lowest BCUT2D eigenvalue weighted by Gasteiger charge is -2.15. The first kappa shape index (κ1) is 155. The van der Waals surface area contributed by atoms with Crippen LogP contribution in [0, 0.1) is 163 Å². The third kappa shape index (κ3) is 46.6. The molecule has 1 heterocycles. The smallest absolute Gasteiger partial charge is 0.384 e. The van der Waals surface area contributed by atoms with Crippen molar-refractivity contribution in [3.8, 4) is 40.6 Å². The predicted octanol–water partition coefficient (Wildman–Crippen LogP) is 23.1. The van der Waals surface area contributed by atoms with Gasteiger partial charge in [-0.25, -0.2) is 24.0 Å². The van der Waals surface area contributed by atoms with Crippen LogP contribution in [0.2, 0.25) is 0 Å². The average molecular weight is 1960 g/mol. The zero-order valence-corrected chi connectivity index (χ0v) is 76.0. The second-order valence-electron chi connectivity index (χ2n) is 26.9. The van der Waals surface area contributed by atoms with Crippen LogP contribution in [0.4, 0.5) is 55.9 Å². The minimum Gasteiger partial charge on any atom is -0.507 e. The number of nitrogens with two attached hydrogens (primary N) is 2. The Balaban J connectivity index is -0.0000000961. The van der Waals surface area contributed by atoms with E-state index in [1.807, 2.05) is 117 Å². The highest BCUT2D eigenvalue weighted by molar-refractivity contribution is 6.00. The molecule has 0 bridgehead atoms. The van der Waals surface area contributed by atoms with E-state index in [0.29, 0.717) is 73.0 Å². The molecule has 9 N–H and O–H groups in total. The summed E-state index contributed by atoms with van der Waals surface area (Å²) in [5, 5.41) is 60.2. The van der Waals surface area contributed by atoms with E-state index in [2.05, 4.69) is 44.6 Å². The number of aryl methyl sites for hydroxylation is 10. The fourth-order valence-electron chi connectivity index (χ4n) is 11.4. The number of nitrogen functional groups attached to an aromatic ring is 2. The number of aromatic hydroxyl groups is 1. The number of carbonyl (C=O) groups excluding carboxylic acids is 7. The highest BCUT2D eigenvalue weighted by Crippen LogP contribution is 2.35. The Hall–Kier alpha value is -15.4. The summed E-state index contributed by atoms with van der Waals surface area (Å²) in [5.74, 6) is 3.03. The minimum atomic E-state index is -0.759. The number of esters is 5. The van der Waals surface area contributed by atoms with Crippen LogP contribution in [-0.4, -0.2) is 144 Å². The highest BCUT2D eigenvalue weighted by Gasteiger charge is 2.22. The number of pyridine rings is 1. The van der Waals surface area contributed by atoms with Gasteiger partial charge in [-0.1, -0.05) is 132 Å². The number of aromatic nitrogens is 1. The van der Waals surface area contributed by atoms with E-state index in [1.54, 1.807) is 86.3 Å². The molecule has 3 radical (unpaired) electrons. The quantitative estimate of drug-likeness (QED) is 0.00577. The number of nitro benzene ring substituents is 4. The summed E-state index contributed by atoms with van der Waals surface area (Å²) in [4.78, 5) is 132. The molecular weight excluding hydrogens is 1800 g/mol. The second-order valence-corrected chi connectivity index (χ2v) is 26.9. The molecule has 2 amide bonds. The molecule has 9 aromatic rings. The van der Waals surface area contributed by atoms with Crippen molar-refractivity contribution in [2.24, 2.45) is 0 Å². The van der Waals surface area contributed by atoms with Crippen molar-refractivity contribution in [1.29, 1.82) is 0 Å². The summed E-state index contributed by atoms with van der Waals surface area (Å²) in [6, 6.07) is 28.7. The number of anilines is 5. The molecule has 36 nitrogen and oxygen atoms in total. The van der Waals surface area contributed by atoms with Crippen molar-refractivity contribution in [2.75, 3.05) is 91.4 Å². The average Bonchev–Trinajstić information content (AvgIpc) is 0.770. The Kier molecular flexibility index (Phi) is 83.2. The molecule has 0 unspecified atom stereocenters. The number of phenols is 1. The number of nitro groups is 4. The Labute approximate surface area is 826 Å². The number of para-hydroxylation sites is 1. The molecule has 0 fully saturated rings. The van der Waals surface area contributed by atoms with Gasteiger partial charge in [-0.05, 0) is 191 Å². The van der Waals surface area contributed by atoms with E-state index < -0.39 is 49.5 Å². The van der Waals surface area contributed by atoms with E-state index >= 15 is 0 Å². The fraction of sp³-hybridized carbons (Fsp3) is 0.386. The third-order valence-electron chi connectivity index (χ3n) is 18.1. The van der Waals surface area contributed by atoms with Gasteiger partial charge in [-0.3, -0.25) is 59.5 Å². The molecule has 0 spiro atoms. The number of hydrogen-bond acceptors (Lipinski definition) is 29. The maximum atomic E-state index is 12.1. The van der Waals surface area contributed by atoms with E-state index in [1.165, 1.54) is 99.8 Å². The number of halogens is 1. The lowest BCUT2D eigenvalue weighted by atomic mass is 10.0. The summed E-state index contributed by atoms with van der Waals surface area (Å²) < 4.78 is 42.9. The van der Waals surface area contributed by atoms with Crippen molar-refractivity contribution in [2.45, 2.75) is 214 Å². The van der Waals surface area contributed by atoms with Crippen LogP contribution in [0.25, 0.3) is 10.9 Å². The number of fused-ring (bicyclic) bond motifs is 1. The van der Waals surface area contributed by atoms with Gasteiger partial charge in [0, 0.05) is 116 Å². The van der Waals surface area contributed by atoms with Gasteiger partial charge < -0.3 is 80.1 Å². The SMILES string of the molecule is C.C.C.C.C.C.C.C.C.C.C.C.CC(=O)Nc1c(C)ccc([N+](=O)[O-])c1C.CC(=O)Nc1c(C)cccc1C.COC(=O)/C=C(\Nc1ccc(C)c(OC)c1C)C(=O)OC.COC(=O)C#CC(=O)OC.COC(=O)c1cc(=O)c2cc(C)c(OC)c(C)c2[nH]1.COc1c(C)ccc(N)c1C.COc1c(C)ccc([N+](=O)[O-])c1C.Cc1ccc([N+](=O)[O-])c(C)c1N.Cc1ccc([N+](=O)[O-])c(C)c1O.F.[2HH].[B]. The predicted molar refractivity (Wildman–Crippen MR) is 567 cm³/mol. The third-order valence-corrected chi connectivity index (χ3v) is 18.1. The number of ether oxygens (including phenoxy) is 9. The number of nitrogens with zero attached hydrogens (tertiary/aromatic N) is 4. The summed E-state index contributed by atoms with van der Waals surface area (Å²) in [7, 11) is 12.4. The maximum Gasteiger partial charge on any atom is 0.384 e. The molecule has 139 heavy (non-hydrogen) atoms. The first-order valence-electron chi connectivity index (χ1n) is 37.2. The van der Waals surface area contributed by atoms with Gasteiger partial charge in [0.15, 0.2) is 5.43 Å². The summed E-state index contributed by atoms with van der Waals surface area (Å²) in [6.07, 6.45) is 1.04. The molecule has 0 saturated carbocycles. The number of H-pyrrole nitrogens is 1. The van der Waals surface area contributed by atoms with Gasteiger partial charge in [0.1, 0.15) is 40.1 Å². The molecule has 9 rings (SSSR count). The number of benzene rings is 8. The standard InChI is InChI=1S/C15H19NO5.C14H15NO4.C10H12N2O3.C10H13NO.C9H11NO3.C9H13NO.C8H10N2O2.C8H9NO3.C6H6O4.12CH4.B.FH.H2/c1-9-6-7-11(10(2)14(9)20-4)16-12(15(18)21-5)8-13(17)19-3;1-7-5-9-11(16)6-10(14(17)19-4)15-12(9)8(2)13(7)18-3;1-6-4-5-9(12(14)15)7(2)10(6)11-8(3)13;1-7-5-4-6-8(2)10(7)11-9(3)12;1-6-4-5-8(10(11)12)7(2)9(6)13-3;1-6-4-5-8(10)7(2)9(6)11-3;1-5-3-4-7(10(11)12)6(2)8(5)9;1-5-3-4-7(9(11)12)6(2)8(5)10;1-9-5(7)3-4-6(8)10-2;;;;;;;;;;;;;;;/h6-8,16H,1-5H3;5-6H,1-4H3,(H,15,16);4-5H,1-3H3,(H,11,13);4-6H,1-3H3,(H,11,12);4-5H,1-3H3;4-5H,10H2,1-3H3;3-4H,9H2,1-2H3;3-4,10H,1-2H3;1-2H3;12*1H4;;2*1H/b12-8-;;;;;;;;;;;;;;;;;;;;;;;/i;;;;;;;;;;;;;;;;;;;;;;;1+1. The minimum absolute atomic E-state index is 0. The number of aromatic amines is 1. The zero-order valence-electron chi connectivity index (χ0n) is 76.0. The highest BCUT2D eigenvalue weighted by atomic mass is 19.0. The Morgan fingerprint density at radius 3 is 1.14 bits per heavy atom. The molecule has 1 aromatic heterocycles. The van der Waals surface area contributed by atoms with E-state index in [0.717, 1.165) is 84.4 Å². The molecule has 38 heteroatoms. The van der Waals surface area contributed by atoms with Crippen molar-refractivity contribution >= 4 is 112 Å². The number of carbonyl (C=O) groups is 7. The lowest BCUT2D eigenvalue weighted by Crippen LogP contribution is -2.16. The first-order chi connectivity index (χ1) is 58.5. The molecule has 0 aliphatic heterocycles. The number of phenolic OH excluding ortho intramolecular Hbond substituents is 1. The van der Waals surface area contributed by atoms with Gasteiger partial charge in [0.2, 0.25) is 11.8 Å². The summed E-state index contributed by atoms with van der Waals surface area (Å²) in [6.45, 7) is 32.0. The van der Waals surface area contributed by atoms with Crippen LogP contribution < -0.4 is 51.8 Å². The molecule has 0 atom stereocenters. The maximum absolute atomic E-state index is 12.1. The van der Waals surface area contributed by atoms with Crippen LogP contribution in [0.1, 0.15) is 204 Å². The Morgan fingerprint density at radius 1 is 0.403 bits per heavy atom. The monoisotopic (exact) mass is 1960 g/mol. The second kappa shape index (κ2) is 74.8. The van der Waals surface area contributed by atoms with Crippen LogP contribution in [0.5, 0.6) is 28.7 Å². The van der Waals surface area contributed by atoms with Gasteiger partial charge in [-0.15, -0.1) is 0 Å². The topological polar surface area (TPSA) is 516 Å². The van der Waals surface area contributed by atoms with Crippen molar-refractivity contribution in [3.05, 3.63) is 260 Å². The van der Waals surface area contributed by atoms with Gasteiger partial charge in [-0.2, -0.15) is 0 Å². The molecule has 8 aromatic carbocycles. The first-order valence-corrected chi connectivity index (χ1v) is 37.2. The fourth-order valence-corrected chi connectivity index (χ4v) is 11.4. The van der Waals surface area contributed by atoms with Crippen molar-refractivity contribution in [1.82, 2.24) is 4.98 Å². The summed E-state index contributed by atoms with van der Waals surface area (Å²) >= 11 is 0. The van der Waals surface area contributed by atoms with Crippen LogP contribution >= 0.6 is 0 Å².